The maximum Gasteiger partial charge on any atom is 0.0599 e. The molecule has 1 aromatic rings. The van der Waals surface area contributed by atoms with Gasteiger partial charge >= 0.3 is 0 Å². The highest BCUT2D eigenvalue weighted by Gasteiger charge is 2.27. The van der Waals surface area contributed by atoms with Crippen LogP contribution in [0.2, 0.25) is 10.0 Å². The summed E-state index contributed by atoms with van der Waals surface area (Å²) in [6, 6.07) is 6.04. The van der Waals surface area contributed by atoms with Crippen LogP contribution in [0.1, 0.15) is 18.4 Å². The highest BCUT2D eigenvalue weighted by Crippen LogP contribution is 2.24. The van der Waals surface area contributed by atoms with Crippen LogP contribution in [0, 0.1) is 0 Å². The van der Waals surface area contributed by atoms with E-state index in [-0.39, 0.29) is 12.4 Å². The lowest BCUT2D eigenvalue weighted by molar-refractivity contribution is 0.0102. The Morgan fingerprint density at radius 3 is 2.50 bits per heavy atom. The first kappa shape index (κ1) is 18.0. The Morgan fingerprint density at radius 1 is 1.30 bits per heavy atom. The van der Waals surface area contributed by atoms with Crippen molar-refractivity contribution in [2.24, 2.45) is 5.73 Å². The van der Waals surface area contributed by atoms with Crippen LogP contribution < -0.4 is 5.73 Å². The molecule has 0 saturated carbocycles. The Labute approximate surface area is 136 Å². The quantitative estimate of drug-likeness (QED) is 0.914. The summed E-state index contributed by atoms with van der Waals surface area (Å²) in [5, 5.41) is 1.36. The standard InChI is InChI=1S/C14H20Cl2N2O.ClH/c1-19-14-2-3-18(13(7-14)8-17)9-10-4-11(15)6-12(16)5-10;/h4-6,13-14H,2-3,7-9,17H2,1H3;1H. The van der Waals surface area contributed by atoms with E-state index in [0.717, 1.165) is 31.5 Å². The first-order chi connectivity index (χ1) is 9.12. The topological polar surface area (TPSA) is 38.5 Å². The van der Waals surface area contributed by atoms with Crippen LogP contribution in [0.5, 0.6) is 0 Å². The number of likely N-dealkylation sites (tertiary alicyclic amines) is 1. The highest BCUT2D eigenvalue weighted by molar-refractivity contribution is 6.34. The lowest BCUT2D eigenvalue weighted by Gasteiger charge is -2.38. The van der Waals surface area contributed by atoms with Crippen LogP contribution in [0.3, 0.4) is 0 Å². The van der Waals surface area contributed by atoms with E-state index < -0.39 is 0 Å². The number of hydrogen-bond donors (Lipinski definition) is 1. The molecule has 2 unspecified atom stereocenters. The molecule has 114 valence electrons. The molecule has 0 bridgehead atoms. The number of piperidine rings is 1. The minimum Gasteiger partial charge on any atom is -0.381 e. The Balaban J connectivity index is 0.00000200. The van der Waals surface area contributed by atoms with Gasteiger partial charge in [0, 0.05) is 42.8 Å². The molecule has 1 aliphatic rings. The van der Waals surface area contributed by atoms with Crippen molar-refractivity contribution in [3.05, 3.63) is 33.8 Å². The molecule has 1 fully saturated rings. The van der Waals surface area contributed by atoms with Gasteiger partial charge in [-0.25, -0.2) is 0 Å². The summed E-state index contributed by atoms with van der Waals surface area (Å²) in [6.07, 6.45) is 2.36. The zero-order valence-electron chi connectivity index (χ0n) is 11.5. The Hall–Kier alpha value is -0.0300. The smallest absolute Gasteiger partial charge is 0.0599 e. The second kappa shape index (κ2) is 8.42. The number of benzene rings is 1. The third-order valence-electron chi connectivity index (χ3n) is 3.70. The summed E-state index contributed by atoms with van der Waals surface area (Å²) >= 11 is 12.1. The Morgan fingerprint density at radius 2 is 1.95 bits per heavy atom. The summed E-state index contributed by atoms with van der Waals surface area (Å²) < 4.78 is 5.44. The number of ether oxygens (including phenoxy) is 1. The minimum atomic E-state index is 0. The van der Waals surface area contributed by atoms with Gasteiger partial charge in [-0.05, 0) is 36.6 Å². The number of hydrogen-bond acceptors (Lipinski definition) is 3. The molecular weight excluding hydrogens is 319 g/mol. The molecule has 2 rings (SSSR count). The average molecular weight is 340 g/mol. The zero-order valence-corrected chi connectivity index (χ0v) is 13.8. The van der Waals surface area contributed by atoms with Crippen LogP contribution >= 0.6 is 35.6 Å². The van der Waals surface area contributed by atoms with Crippen LogP contribution in [0.4, 0.5) is 0 Å². The number of methoxy groups -OCH3 is 1. The molecule has 20 heavy (non-hydrogen) atoms. The molecule has 2 N–H and O–H groups in total. The molecule has 0 aliphatic carbocycles. The summed E-state index contributed by atoms with van der Waals surface area (Å²) in [6.45, 7) is 2.47. The van der Waals surface area contributed by atoms with Crippen molar-refractivity contribution in [2.75, 3.05) is 20.2 Å². The zero-order chi connectivity index (χ0) is 13.8. The van der Waals surface area contributed by atoms with E-state index in [9.17, 15) is 0 Å². The summed E-state index contributed by atoms with van der Waals surface area (Å²) in [7, 11) is 1.77. The molecule has 1 aliphatic heterocycles. The lowest BCUT2D eigenvalue weighted by Crippen LogP contribution is -2.47. The largest absolute Gasteiger partial charge is 0.381 e. The van der Waals surface area contributed by atoms with Crippen LogP contribution in [0.15, 0.2) is 18.2 Å². The second-order valence-electron chi connectivity index (χ2n) is 5.02. The second-order valence-corrected chi connectivity index (χ2v) is 5.89. The Bertz CT molecular complexity index is 411. The molecular formula is C14H21Cl3N2O. The fraction of sp³-hybridized carbons (Fsp3) is 0.571. The maximum atomic E-state index is 6.04. The highest BCUT2D eigenvalue weighted by atomic mass is 35.5. The van der Waals surface area contributed by atoms with Gasteiger partial charge in [0.05, 0.1) is 6.10 Å². The maximum absolute atomic E-state index is 6.04. The van der Waals surface area contributed by atoms with Gasteiger partial charge in [0.25, 0.3) is 0 Å². The van der Waals surface area contributed by atoms with Gasteiger partial charge in [-0.2, -0.15) is 0 Å². The molecule has 0 radical (unpaired) electrons. The van der Waals surface area contributed by atoms with Crippen LogP contribution in [-0.4, -0.2) is 37.2 Å². The van der Waals surface area contributed by atoms with Crippen molar-refractivity contribution in [1.82, 2.24) is 4.90 Å². The van der Waals surface area contributed by atoms with E-state index in [1.54, 1.807) is 13.2 Å². The molecule has 3 nitrogen and oxygen atoms in total. The van der Waals surface area contributed by atoms with Crippen molar-refractivity contribution in [3.63, 3.8) is 0 Å². The van der Waals surface area contributed by atoms with E-state index in [1.165, 1.54) is 0 Å². The van der Waals surface area contributed by atoms with Gasteiger partial charge in [-0.1, -0.05) is 23.2 Å². The predicted molar refractivity (Wildman–Crippen MR) is 87.0 cm³/mol. The number of nitrogens with two attached hydrogens (primary N) is 1. The van der Waals surface area contributed by atoms with Gasteiger partial charge in [0.1, 0.15) is 0 Å². The summed E-state index contributed by atoms with van der Waals surface area (Å²) in [5.41, 5.74) is 7.01. The molecule has 0 aromatic heterocycles. The predicted octanol–water partition coefficient (Wildman–Crippen LogP) is 3.35. The third-order valence-corrected chi connectivity index (χ3v) is 4.14. The molecule has 1 saturated heterocycles. The van der Waals surface area contributed by atoms with Crippen LogP contribution in [0.25, 0.3) is 0 Å². The normalized spacial score (nSPS) is 23.4. The van der Waals surface area contributed by atoms with Gasteiger partial charge < -0.3 is 10.5 Å². The first-order valence-electron chi connectivity index (χ1n) is 6.54. The Kier molecular flexibility index (Phi) is 7.59. The molecule has 2 atom stereocenters. The monoisotopic (exact) mass is 338 g/mol. The molecule has 1 heterocycles. The third kappa shape index (κ3) is 4.76. The molecule has 6 heteroatoms. The average Bonchev–Trinajstić information content (AvgIpc) is 2.38. The number of nitrogens with zero attached hydrogens (tertiary/aromatic N) is 1. The van der Waals surface area contributed by atoms with Crippen molar-refractivity contribution in [3.8, 4) is 0 Å². The van der Waals surface area contributed by atoms with E-state index in [1.807, 2.05) is 12.1 Å². The summed E-state index contributed by atoms with van der Waals surface area (Å²) in [5.74, 6) is 0. The van der Waals surface area contributed by atoms with Crippen LogP contribution in [-0.2, 0) is 11.3 Å². The SMILES string of the molecule is COC1CCN(Cc2cc(Cl)cc(Cl)c2)C(CN)C1.Cl. The van der Waals surface area contributed by atoms with Gasteiger partial charge in [-0.15, -0.1) is 12.4 Å². The van der Waals surface area contributed by atoms with Crippen molar-refractivity contribution in [2.45, 2.75) is 31.5 Å². The molecule has 0 amide bonds. The van der Waals surface area contributed by atoms with E-state index in [2.05, 4.69) is 4.90 Å². The minimum absolute atomic E-state index is 0. The molecule has 1 aromatic carbocycles. The summed E-state index contributed by atoms with van der Waals surface area (Å²) in [4.78, 5) is 2.39. The first-order valence-corrected chi connectivity index (χ1v) is 7.30. The van der Waals surface area contributed by atoms with E-state index in [0.29, 0.717) is 28.7 Å². The van der Waals surface area contributed by atoms with Crippen molar-refractivity contribution in [1.29, 1.82) is 0 Å². The van der Waals surface area contributed by atoms with Crippen molar-refractivity contribution < 1.29 is 4.74 Å². The molecule has 0 spiro atoms. The van der Waals surface area contributed by atoms with Gasteiger partial charge in [0.15, 0.2) is 0 Å². The number of halogens is 3. The number of rotatable bonds is 4. The fourth-order valence-electron chi connectivity index (χ4n) is 2.67. The lowest BCUT2D eigenvalue weighted by atomic mass is 9.98. The van der Waals surface area contributed by atoms with Gasteiger partial charge in [0.2, 0.25) is 0 Å². The van der Waals surface area contributed by atoms with Crippen molar-refractivity contribution >= 4 is 35.6 Å². The van der Waals surface area contributed by atoms with E-state index in [4.69, 9.17) is 33.7 Å². The fourth-order valence-corrected chi connectivity index (χ4v) is 3.24. The van der Waals surface area contributed by atoms with Gasteiger partial charge in [-0.3, -0.25) is 4.90 Å². The van der Waals surface area contributed by atoms with E-state index >= 15 is 0 Å².